The number of halogens is 5. The number of hydrogen-bond acceptors (Lipinski definition) is 2. The van der Waals surface area contributed by atoms with Gasteiger partial charge in [-0.05, 0) is 30.2 Å². The standard InChI is InChI=1S/C11H11F4NO.ClH/c12-9(7-16)5-4-8-2-1-3-10(6-8)17-11(13,14)15;/h1-3,5-6H,4,7,16H2;1H/b9-5+;. The summed E-state index contributed by atoms with van der Waals surface area (Å²) in [6, 6.07) is 5.36. The van der Waals surface area contributed by atoms with Gasteiger partial charge in [0.25, 0.3) is 0 Å². The van der Waals surface area contributed by atoms with Gasteiger partial charge in [0, 0.05) is 6.54 Å². The highest BCUT2D eigenvalue weighted by molar-refractivity contribution is 5.85. The van der Waals surface area contributed by atoms with E-state index in [2.05, 4.69) is 4.74 Å². The van der Waals surface area contributed by atoms with Gasteiger partial charge in [0.15, 0.2) is 0 Å². The van der Waals surface area contributed by atoms with E-state index in [9.17, 15) is 17.6 Å². The Bertz CT molecular complexity index is 406. The maximum Gasteiger partial charge on any atom is 0.573 e. The van der Waals surface area contributed by atoms with E-state index >= 15 is 0 Å². The summed E-state index contributed by atoms with van der Waals surface area (Å²) < 4.78 is 52.2. The summed E-state index contributed by atoms with van der Waals surface area (Å²) >= 11 is 0. The molecule has 0 aliphatic heterocycles. The van der Waals surface area contributed by atoms with Crippen molar-refractivity contribution in [3.05, 3.63) is 41.7 Å². The van der Waals surface area contributed by atoms with Crippen molar-refractivity contribution in [2.75, 3.05) is 6.54 Å². The Morgan fingerprint density at radius 1 is 1.33 bits per heavy atom. The summed E-state index contributed by atoms with van der Waals surface area (Å²) in [6.07, 6.45) is -3.35. The quantitative estimate of drug-likeness (QED) is 0.861. The lowest BCUT2D eigenvalue weighted by Crippen LogP contribution is -2.17. The zero-order valence-electron chi connectivity index (χ0n) is 9.21. The Morgan fingerprint density at radius 3 is 2.56 bits per heavy atom. The maximum atomic E-state index is 12.7. The number of nitrogens with two attached hydrogens (primary N) is 1. The fourth-order valence-corrected chi connectivity index (χ4v) is 1.18. The summed E-state index contributed by atoms with van der Waals surface area (Å²) in [7, 11) is 0. The Balaban J connectivity index is 0.00000289. The van der Waals surface area contributed by atoms with Crippen LogP contribution >= 0.6 is 12.4 Å². The van der Waals surface area contributed by atoms with Gasteiger partial charge >= 0.3 is 6.36 Å². The third-order valence-corrected chi connectivity index (χ3v) is 1.89. The first-order valence-electron chi connectivity index (χ1n) is 4.80. The first-order valence-corrected chi connectivity index (χ1v) is 4.80. The van der Waals surface area contributed by atoms with Gasteiger partial charge in [0.2, 0.25) is 0 Å². The molecule has 18 heavy (non-hydrogen) atoms. The van der Waals surface area contributed by atoms with Crippen molar-refractivity contribution in [3.8, 4) is 5.75 Å². The molecule has 2 N–H and O–H groups in total. The van der Waals surface area contributed by atoms with Crippen molar-refractivity contribution in [2.45, 2.75) is 12.8 Å². The number of alkyl halides is 3. The third kappa shape index (κ3) is 6.46. The molecule has 0 aromatic heterocycles. The normalized spacial score (nSPS) is 11.9. The van der Waals surface area contributed by atoms with Crippen LogP contribution in [0.2, 0.25) is 0 Å². The summed E-state index contributed by atoms with van der Waals surface area (Å²) in [5.41, 5.74) is 5.54. The predicted molar refractivity (Wildman–Crippen MR) is 62.3 cm³/mol. The second-order valence-electron chi connectivity index (χ2n) is 3.25. The monoisotopic (exact) mass is 285 g/mol. The van der Waals surface area contributed by atoms with E-state index in [1.807, 2.05) is 0 Å². The number of benzene rings is 1. The molecule has 0 amide bonds. The zero-order valence-corrected chi connectivity index (χ0v) is 10.0. The van der Waals surface area contributed by atoms with E-state index in [0.29, 0.717) is 5.56 Å². The van der Waals surface area contributed by atoms with Gasteiger partial charge in [-0.2, -0.15) is 0 Å². The number of hydrogen-bond donors (Lipinski definition) is 1. The average molecular weight is 286 g/mol. The summed E-state index contributed by atoms with van der Waals surface area (Å²) in [5.74, 6) is -0.830. The van der Waals surface area contributed by atoms with Crippen LogP contribution in [0.4, 0.5) is 17.6 Å². The minimum atomic E-state index is -4.73. The van der Waals surface area contributed by atoms with E-state index in [4.69, 9.17) is 5.73 Å². The Morgan fingerprint density at radius 2 is 2.00 bits per heavy atom. The molecule has 0 spiro atoms. The van der Waals surface area contributed by atoms with Crippen molar-refractivity contribution in [3.63, 3.8) is 0 Å². The van der Waals surface area contributed by atoms with Crippen molar-refractivity contribution in [1.29, 1.82) is 0 Å². The highest BCUT2D eigenvalue weighted by Gasteiger charge is 2.30. The van der Waals surface area contributed by atoms with E-state index < -0.39 is 12.2 Å². The molecule has 0 saturated carbocycles. The lowest BCUT2D eigenvalue weighted by molar-refractivity contribution is -0.274. The molecule has 102 valence electrons. The molecule has 7 heteroatoms. The average Bonchev–Trinajstić information content (AvgIpc) is 2.24. The largest absolute Gasteiger partial charge is 0.573 e. The predicted octanol–water partition coefficient (Wildman–Crippen LogP) is 3.36. The van der Waals surface area contributed by atoms with Crippen LogP contribution in [-0.2, 0) is 6.42 Å². The zero-order chi connectivity index (χ0) is 12.9. The van der Waals surface area contributed by atoms with Crippen LogP contribution in [0.25, 0.3) is 0 Å². The second-order valence-corrected chi connectivity index (χ2v) is 3.25. The molecule has 0 unspecified atom stereocenters. The molecule has 0 radical (unpaired) electrons. The van der Waals surface area contributed by atoms with Gasteiger partial charge < -0.3 is 10.5 Å². The molecule has 0 bridgehead atoms. The van der Waals surface area contributed by atoms with Gasteiger partial charge in [0.05, 0.1) is 0 Å². The number of allylic oxidation sites excluding steroid dienone is 1. The van der Waals surface area contributed by atoms with E-state index in [1.54, 1.807) is 6.07 Å². The van der Waals surface area contributed by atoms with Crippen LogP contribution in [0, 0.1) is 0 Å². The van der Waals surface area contributed by atoms with Crippen molar-refractivity contribution in [2.24, 2.45) is 5.73 Å². The number of rotatable bonds is 4. The minimum Gasteiger partial charge on any atom is -0.406 e. The lowest BCUT2D eigenvalue weighted by Gasteiger charge is -2.09. The highest BCUT2D eigenvalue weighted by Crippen LogP contribution is 2.23. The molecule has 0 atom stereocenters. The topological polar surface area (TPSA) is 35.2 Å². The molecule has 0 aliphatic rings. The van der Waals surface area contributed by atoms with Crippen LogP contribution < -0.4 is 10.5 Å². The fourth-order valence-electron chi connectivity index (χ4n) is 1.18. The summed E-state index contributed by atoms with van der Waals surface area (Å²) in [4.78, 5) is 0. The molecule has 0 heterocycles. The number of ether oxygens (including phenoxy) is 1. The molecule has 0 aliphatic carbocycles. The Kier molecular flexibility index (Phi) is 6.72. The Hall–Kier alpha value is -1.27. The van der Waals surface area contributed by atoms with Crippen molar-refractivity contribution >= 4 is 12.4 Å². The molecule has 1 aromatic rings. The second kappa shape index (κ2) is 7.23. The molecule has 0 saturated heterocycles. The van der Waals surface area contributed by atoms with E-state index in [0.717, 1.165) is 0 Å². The van der Waals surface area contributed by atoms with Gasteiger partial charge in [0.1, 0.15) is 11.6 Å². The summed E-state index contributed by atoms with van der Waals surface area (Å²) in [5, 5.41) is 0. The first-order chi connectivity index (χ1) is 7.90. The van der Waals surface area contributed by atoms with Gasteiger partial charge in [-0.3, -0.25) is 0 Å². The molecular weight excluding hydrogens is 274 g/mol. The maximum absolute atomic E-state index is 12.7. The molecule has 1 rings (SSSR count). The van der Waals surface area contributed by atoms with Crippen LogP contribution in [-0.4, -0.2) is 12.9 Å². The highest BCUT2D eigenvalue weighted by atomic mass is 35.5. The van der Waals surface area contributed by atoms with Crippen LogP contribution in [0.3, 0.4) is 0 Å². The van der Waals surface area contributed by atoms with Crippen molar-refractivity contribution < 1.29 is 22.3 Å². The molecular formula is C11H12ClF4NO. The lowest BCUT2D eigenvalue weighted by atomic mass is 10.1. The molecule has 1 aromatic carbocycles. The van der Waals surface area contributed by atoms with Gasteiger partial charge in [-0.25, -0.2) is 4.39 Å². The smallest absolute Gasteiger partial charge is 0.406 e. The van der Waals surface area contributed by atoms with Crippen LogP contribution in [0.15, 0.2) is 36.2 Å². The third-order valence-electron chi connectivity index (χ3n) is 1.89. The van der Waals surface area contributed by atoms with E-state index in [1.165, 1.54) is 24.3 Å². The minimum absolute atomic E-state index is 0. The Labute approximate surface area is 108 Å². The summed E-state index contributed by atoms with van der Waals surface area (Å²) in [6.45, 7) is -0.223. The fraction of sp³-hybridized carbons (Fsp3) is 0.273. The SMILES string of the molecule is Cl.NC/C(F)=C\Cc1cccc(OC(F)(F)F)c1. The first kappa shape index (κ1) is 16.7. The van der Waals surface area contributed by atoms with E-state index in [-0.39, 0.29) is 31.1 Å². The van der Waals surface area contributed by atoms with Crippen LogP contribution in [0.1, 0.15) is 5.56 Å². The van der Waals surface area contributed by atoms with Crippen molar-refractivity contribution in [1.82, 2.24) is 0 Å². The van der Waals surface area contributed by atoms with Crippen LogP contribution in [0.5, 0.6) is 5.75 Å². The molecule has 0 fully saturated rings. The van der Waals surface area contributed by atoms with Gasteiger partial charge in [-0.15, -0.1) is 25.6 Å². The molecule has 2 nitrogen and oxygen atoms in total. The van der Waals surface area contributed by atoms with Gasteiger partial charge in [-0.1, -0.05) is 12.1 Å².